The Balaban J connectivity index is 1.72. The van der Waals surface area contributed by atoms with E-state index in [2.05, 4.69) is 5.32 Å². The van der Waals surface area contributed by atoms with E-state index in [-0.39, 0.29) is 17.9 Å². The average molecular weight is 379 g/mol. The van der Waals surface area contributed by atoms with Gasteiger partial charge in [0.05, 0.1) is 23.5 Å². The topological polar surface area (TPSA) is 135 Å². The average Bonchev–Trinajstić information content (AvgIpc) is 3.16. The standard InChI is InChI=1S/C16H17N3O6S/c20-14(8-10-26(23,24)13-6-2-1-3-7-13)18-19-16(22)15(21)17-11-12-5-4-9-25-12/h1-7,9H,8,10-11H2,(H,17,21)(H,18,20)(H,19,22). The molecular weight excluding hydrogens is 362 g/mol. The molecule has 0 aliphatic carbocycles. The van der Waals surface area contributed by atoms with E-state index in [1.807, 2.05) is 10.9 Å². The zero-order valence-electron chi connectivity index (χ0n) is 13.6. The summed E-state index contributed by atoms with van der Waals surface area (Å²) in [5.74, 6) is -2.77. The number of carbonyl (C=O) groups is 3. The largest absolute Gasteiger partial charge is 0.467 e. The summed E-state index contributed by atoms with van der Waals surface area (Å²) in [5, 5.41) is 2.29. The molecule has 3 amide bonds. The van der Waals surface area contributed by atoms with E-state index >= 15 is 0 Å². The summed E-state index contributed by atoms with van der Waals surface area (Å²) in [7, 11) is -3.61. The Kier molecular flexibility index (Phi) is 6.50. The zero-order chi connectivity index (χ0) is 19.0. The smallest absolute Gasteiger partial charge is 0.327 e. The number of sulfone groups is 1. The maximum atomic E-state index is 12.0. The first-order chi connectivity index (χ1) is 12.4. The normalized spacial score (nSPS) is 10.8. The molecule has 9 nitrogen and oxygen atoms in total. The highest BCUT2D eigenvalue weighted by atomic mass is 32.2. The molecule has 26 heavy (non-hydrogen) atoms. The molecule has 0 saturated heterocycles. The van der Waals surface area contributed by atoms with Crippen LogP contribution in [0.2, 0.25) is 0 Å². The van der Waals surface area contributed by atoms with Crippen molar-refractivity contribution >= 4 is 27.6 Å². The van der Waals surface area contributed by atoms with Crippen LogP contribution < -0.4 is 16.2 Å². The highest BCUT2D eigenvalue weighted by Gasteiger charge is 2.18. The molecule has 0 aliphatic heterocycles. The first-order valence-corrected chi connectivity index (χ1v) is 9.21. The van der Waals surface area contributed by atoms with Crippen LogP contribution in [-0.4, -0.2) is 31.9 Å². The minimum Gasteiger partial charge on any atom is -0.467 e. The second kappa shape index (κ2) is 8.81. The van der Waals surface area contributed by atoms with Crippen LogP contribution in [0.25, 0.3) is 0 Å². The quantitative estimate of drug-likeness (QED) is 0.474. The third kappa shape index (κ3) is 5.74. The molecule has 0 atom stereocenters. The number of amides is 3. The molecule has 3 N–H and O–H groups in total. The summed E-state index contributed by atoms with van der Waals surface area (Å²) < 4.78 is 29.1. The van der Waals surface area contributed by atoms with Crippen LogP contribution in [0.5, 0.6) is 0 Å². The summed E-state index contributed by atoms with van der Waals surface area (Å²) in [5.41, 5.74) is 3.91. The maximum Gasteiger partial charge on any atom is 0.327 e. The van der Waals surface area contributed by atoms with Crippen molar-refractivity contribution in [1.82, 2.24) is 16.2 Å². The third-order valence-electron chi connectivity index (χ3n) is 3.23. The second-order valence-corrected chi connectivity index (χ2v) is 7.26. The van der Waals surface area contributed by atoms with Gasteiger partial charge in [0, 0.05) is 6.42 Å². The van der Waals surface area contributed by atoms with Crippen molar-refractivity contribution in [3.05, 3.63) is 54.5 Å². The SMILES string of the molecule is O=C(CCS(=O)(=O)c1ccccc1)NNC(=O)C(=O)NCc1ccco1. The van der Waals surface area contributed by atoms with Gasteiger partial charge in [-0.1, -0.05) is 18.2 Å². The minimum atomic E-state index is -3.61. The predicted octanol–water partition coefficient (Wildman–Crippen LogP) is -0.0928. The van der Waals surface area contributed by atoms with Gasteiger partial charge >= 0.3 is 11.8 Å². The molecule has 138 valence electrons. The molecule has 0 radical (unpaired) electrons. The van der Waals surface area contributed by atoms with Crippen molar-refractivity contribution in [2.75, 3.05) is 5.75 Å². The van der Waals surface area contributed by atoms with Crippen LogP contribution >= 0.6 is 0 Å². The van der Waals surface area contributed by atoms with Gasteiger partial charge in [0.1, 0.15) is 5.76 Å². The molecular formula is C16H17N3O6S. The molecule has 0 bridgehead atoms. The molecule has 1 aromatic carbocycles. The fourth-order valence-electron chi connectivity index (χ4n) is 1.88. The van der Waals surface area contributed by atoms with Crippen LogP contribution in [-0.2, 0) is 30.8 Å². The molecule has 0 spiro atoms. The fourth-order valence-corrected chi connectivity index (χ4v) is 3.14. The Morgan fingerprint density at radius 1 is 0.923 bits per heavy atom. The van der Waals surface area contributed by atoms with Gasteiger partial charge in [-0.25, -0.2) is 8.42 Å². The van der Waals surface area contributed by atoms with Crippen molar-refractivity contribution in [3.8, 4) is 0 Å². The number of benzene rings is 1. The van der Waals surface area contributed by atoms with Crippen LogP contribution in [0.1, 0.15) is 12.2 Å². The minimum absolute atomic E-state index is 0.0164. The van der Waals surface area contributed by atoms with E-state index in [4.69, 9.17) is 4.42 Å². The second-order valence-electron chi connectivity index (χ2n) is 5.15. The number of rotatable bonds is 6. The van der Waals surface area contributed by atoms with Crippen LogP contribution in [0.3, 0.4) is 0 Å². The maximum absolute atomic E-state index is 12.0. The van der Waals surface area contributed by atoms with Crippen molar-refractivity contribution < 1.29 is 27.2 Å². The van der Waals surface area contributed by atoms with Crippen LogP contribution in [0.4, 0.5) is 0 Å². The highest BCUT2D eigenvalue weighted by Crippen LogP contribution is 2.10. The summed E-state index contributed by atoms with van der Waals surface area (Å²) in [6.45, 7) is 0.0164. The van der Waals surface area contributed by atoms with Gasteiger partial charge in [-0.15, -0.1) is 0 Å². The Labute approximate surface area is 149 Å². The molecule has 2 aromatic rings. The van der Waals surface area contributed by atoms with E-state index in [1.165, 1.54) is 18.4 Å². The van der Waals surface area contributed by atoms with Crippen LogP contribution in [0.15, 0.2) is 58.0 Å². The van der Waals surface area contributed by atoms with Gasteiger partial charge in [0.2, 0.25) is 5.91 Å². The highest BCUT2D eigenvalue weighted by molar-refractivity contribution is 7.91. The van der Waals surface area contributed by atoms with Gasteiger partial charge < -0.3 is 9.73 Å². The van der Waals surface area contributed by atoms with Gasteiger partial charge in [-0.2, -0.15) is 0 Å². The molecule has 2 rings (SSSR count). The van der Waals surface area contributed by atoms with Crippen molar-refractivity contribution in [3.63, 3.8) is 0 Å². The summed E-state index contributed by atoms with van der Waals surface area (Å²) >= 11 is 0. The first kappa shape index (κ1) is 19.2. The lowest BCUT2D eigenvalue weighted by molar-refractivity contribution is -0.141. The lowest BCUT2D eigenvalue weighted by Crippen LogP contribution is -2.48. The van der Waals surface area contributed by atoms with E-state index < -0.39 is 33.3 Å². The van der Waals surface area contributed by atoms with Crippen molar-refractivity contribution in [2.45, 2.75) is 17.9 Å². The predicted molar refractivity (Wildman–Crippen MR) is 90.0 cm³/mol. The molecule has 0 saturated carbocycles. The summed E-state index contributed by atoms with van der Waals surface area (Å²) in [6.07, 6.45) is 1.05. The van der Waals surface area contributed by atoms with E-state index in [0.29, 0.717) is 5.76 Å². The fraction of sp³-hybridized carbons (Fsp3) is 0.188. The number of furan rings is 1. The third-order valence-corrected chi connectivity index (χ3v) is 4.96. The van der Waals surface area contributed by atoms with Crippen molar-refractivity contribution in [2.24, 2.45) is 0 Å². The van der Waals surface area contributed by atoms with Gasteiger partial charge in [-0.05, 0) is 24.3 Å². The summed E-state index contributed by atoms with van der Waals surface area (Å²) in [6, 6.07) is 10.9. The first-order valence-electron chi connectivity index (χ1n) is 7.56. The Morgan fingerprint density at radius 3 is 2.31 bits per heavy atom. The lowest BCUT2D eigenvalue weighted by atomic mass is 10.4. The van der Waals surface area contributed by atoms with Crippen LogP contribution in [0, 0.1) is 0 Å². The Hall–Kier alpha value is -3.14. The van der Waals surface area contributed by atoms with E-state index in [0.717, 1.165) is 0 Å². The zero-order valence-corrected chi connectivity index (χ0v) is 14.4. The molecule has 1 aromatic heterocycles. The lowest BCUT2D eigenvalue weighted by Gasteiger charge is -2.08. The summed E-state index contributed by atoms with van der Waals surface area (Å²) in [4.78, 5) is 34.8. The number of nitrogens with one attached hydrogen (secondary N) is 3. The molecule has 10 heteroatoms. The van der Waals surface area contributed by atoms with Crippen molar-refractivity contribution in [1.29, 1.82) is 0 Å². The number of hydrazine groups is 1. The monoisotopic (exact) mass is 379 g/mol. The Morgan fingerprint density at radius 2 is 1.65 bits per heavy atom. The van der Waals surface area contributed by atoms with E-state index in [9.17, 15) is 22.8 Å². The number of carbonyl (C=O) groups excluding carboxylic acids is 3. The molecule has 1 heterocycles. The molecule has 0 unspecified atom stereocenters. The van der Waals surface area contributed by atoms with Gasteiger partial charge in [0.15, 0.2) is 9.84 Å². The Bertz CT molecular complexity index is 863. The van der Waals surface area contributed by atoms with E-state index in [1.54, 1.807) is 30.3 Å². The molecule has 0 fully saturated rings. The number of hydrogen-bond acceptors (Lipinski definition) is 6. The van der Waals surface area contributed by atoms with Gasteiger partial charge in [-0.3, -0.25) is 25.2 Å². The van der Waals surface area contributed by atoms with Gasteiger partial charge in [0.25, 0.3) is 0 Å². The molecule has 0 aliphatic rings. The number of hydrogen-bond donors (Lipinski definition) is 3.